The second-order valence-electron chi connectivity index (χ2n) is 9.64. The van der Waals surface area contributed by atoms with Gasteiger partial charge < -0.3 is 5.32 Å². The van der Waals surface area contributed by atoms with Crippen LogP contribution < -0.4 is 5.32 Å². The lowest BCUT2D eigenvalue weighted by Gasteiger charge is -2.18. The zero-order valence-electron chi connectivity index (χ0n) is 20.0. The number of nitrogens with one attached hydrogen (secondary N) is 1. The van der Waals surface area contributed by atoms with Crippen molar-refractivity contribution in [2.24, 2.45) is 5.41 Å². The average molecular weight is 457 g/mol. The lowest BCUT2D eigenvalue weighted by atomic mass is 9.97. The van der Waals surface area contributed by atoms with Gasteiger partial charge in [-0.05, 0) is 60.5 Å². The van der Waals surface area contributed by atoms with Gasteiger partial charge in [0, 0.05) is 31.0 Å². The molecule has 4 aromatic rings. The van der Waals surface area contributed by atoms with Crippen molar-refractivity contribution in [2.45, 2.75) is 27.3 Å². The van der Waals surface area contributed by atoms with E-state index >= 15 is 0 Å². The van der Waals surface area contributed by atoms with Gasteiger partial charge in [-0.25, -0.2) is 19.3 Å². The molecule has 0 fully saturated rings. The van der Waals surface area contributed by atoms with E-state index in [2.05, 4.69) is 48.0 Å². The van der Waals surface area contributed by atoms with Crippen molar-refractivity contribution < 1.29 is 4.39 Å². The van der Waals surface area contributed by atoms with Gasteiger partial charge in [-0.15, -0.1) is 6.42 Å². The van der Waals surface area contributed by atoms with Crippen LogP contribution in [0, 0.1) is 23.6 Å². The summed E-state index contributed by atoms with van der Waals surface area (Å²) in [5.41, 5.74) is 5.07. The number of aromatic nitrogens is 4. The molecule has 0 saturated carbocycles. The fraction of sp³-hybridized carbons (Fsp3) is 0.296. The molecule has 0 aliphatic heterocycles. The molecule has 3 heterocycles. The van der Waals surface area contributed by atoms with Crippen LogP contribution in [0.4, 0.5) is 10.3 Å². The molecule has 0 amide bonds. The van der Waals surface area contributed by atoms with E-state index in [1.165, 1.54) is 12.1 Å². The van der Waals surface area contributed by atoms with Gasteiger partial charge >= 0.3 is 0 Å². The normalized spacial score (nSPS) is 11.7. The highest BCUT2D eigenvalue weighted by molar-refractivity contribution is 5.80. The number of hydrogen-bond donors (Lipinski definition) is 1. The summed E-state index contributed by atoms with van der Waals surface area (Å²) in [6.07, 6.45) is 9.18. The molecule has 0 saturated heterocycles. The first-order chi connectivity index (χ1) is 16.2. The van der Waals surface area contributed by atoms with Crippen LogP contribution in [0.1, 0.15) is 26.3 Å². The Morgan fingerprint density at radius 3 is 2.59 bits per heavy atom. The van der Waals surface area contributed by atoms with Crippen LogP contribution in [-0.4, -0.2) is 44.4 Å². The van der Waals surface area contributed by atoms with Gasteiger partial charge in [0.05, 0.1) is 23.6 Å². The van der Waals surface area contributed by atoms with Gasteiger partial charge in [0.1, 0.15) is 11.5 Å². The standard InChI is InChI=1S/C27H29FN6/c1-6-14-33(5)17-19-12-15-34-23(16-19)32-24(20-7-9-21(28)10-8-20)25(34)22-11-13-29-26(31-22)30-18-27(2,3)4/h1,7-13,15-16H,14,17-18H2,2-5H3,(H,29,30,31). The lowest BCUT2D eigenvalue weighted by Crippen LogP contribution is -2.20. The van der Waals surface area contributed by atoms with Crippen molar-refractivity contribution in [1.29, 1.82) is 0 Å². The van der Waals surface area contributed by atoms with Crippen LogP contribution in [-0.2, 0) is 6.54 Å². The largest absolute Gasteiger partial charge is 0.354 e. The third-order valence-electron chi connectivity index (χ3n) is 5.30. The monoisotopic (exact) mass is 456 g/mol. The highest BCUT2D eigenvalue weighted by Crippen LogP contribution is 2.32. The first-order valence-electron chi connectivity index (χ1n) is 11.2. The number of fused-ring (bicyclic) bond motifs is 1. The van der Waals surface area contributed by atoms with Gasteiger partial charge in [0.2, 0.25) is 5.95 Å². The first kappa shape index (κ1) is 23.4. The Balaban J connectivity index is 1.81. The second-order valence-corrected chi connectivity index (χ2v) is 9.64. The maximum absolute atomic E-state index is 13.6. The number of rotatable bonds is 7. The SMILES string of the molecule is C#CCN(C)Cc1ccn2c(-c3ccnc(NCC(C)(C)C)n3)c(-c3ccc(F)cc3)nc2c1. The predicted molar refractivity (Wildman–Crippen MR) is 135 cm³/mol. The highest BCUT2D eigenvalue weighted by Gasteiger charge is 2.19. The molecule has 7 heteroatoms. The number of nitrogens with zero attached hydrogens (tertiary/aromatic N) is 5. The Morgan fingerprint density at radius 2 is 1.88 bits per heavy atom. The summed E-state index contributed by atoms with van der Waals surface area (Å²) in [6.45, 7) is 8.47. The summed E-state index contributed by atoms with van der Waals surface area (Å²) in [6, 6.07) is 12.3. The first-order valence-corrected chi connectivity index (χ1v) is 11.2. The summed E-state index contributed by atoms with van der Waals surface area (Å²) in [7, 11) is 1.98. The Labute approximate surface area is 199 Å². The summed E-state index contributed by atoms with van der Waals surface area (Å²) in [4.78, 5) is 16.1. The zero-order valence-corrected chi connectivity index (χ0v) is 20.0. The van der Waals surface area contributed by atoms with Crippen molar-refractivity contribution in [3.05, 3.63) is 66.2 Å². The minimum Gasteiger partial charge on any atom is -0.354 e. The Bertz CT molecular complexity index is 1330. The molecule has 0 aliphatic rings. The smallest absolute Gasteiger partial charge is 0.223 e. The van der Waals surface area contributed by atoms with Gasteiger partial charge in [0.25, 0.3) is 0 Å². The minimum absolute atomic E-state index is 0.0882. The highest BCUT2D eigenvalue weighted by atomic mass is 19.1. The summed E-state index contributed by atoms with van der Waals surface area (Å²) >= 11 is 0. The number of imidazole rings is 1. The maximum Gasteiger partial charge on any atom is 0.223 e. The molecular weight excluding hydrogens is 427 g/mol. The summed E-state index contributed by atoms with van der Waals surface area (Å²) < 4.78 is 15.6. The van der Waals surface area contributed by atoms with Gasteiger partial charge in [-0.1, -0.05) is 26.7 Å². The molecule has 4 rings (SSSR count). The molecule has 0 atom stereocenters. The molecule has 0 aliphatic carbocycles. The molecule has 1 aromatic carbocycles. The molecular formula is C27H29FN6. The molecule has 3 aromatic heterocycles. The van der Waals surface area contributed by atoms with Crippen molar-refractivity contribution in [3.8, 4) is 35.0 Å². The molecule has 0 unspecified atom stereocenters. The average Bonchev–Trinajstić information content (AvgIpc) is 3.17. The molecule has 1 N–H and O–H groups in total. The molecule has 0 bridgehead atoms. The number of pyridine rings is 1. The van der Waals surface area contributed by atoms with E-state index in [-0.39, 0.29) is 11.2 Å². The topological polar surface area (TPSA) is 58.4 Å². The third kappa shape index (κ3) is 5.41. The second kappa shape index (κ2) is 9.62. The Hall–Kier alpha value is -3.76. The van der Waals surface area contributed by atoms with E-state index in [1.807, 2.05) is 29.8 Å². The van der Waals surface area contributed by atoms with Crippen molar-refractivity contribution >= 4 is 11.6 Å². The van der Waals surface area contributed by atoms with E-state index in [0.717, 1.165) is 40.4 Å². The number of halogens is 1. The number of terminal acetylenes is 1. The van der Waals surface area contributed by atoms with E-state index in [0.29, 0.717) is 19.0 Å². The molecule has 0 radical (unpaired) electrons. The van der Waals surface area contributed by atoms with E-state index < -0.39 is 0 Å². The summed E-state index contributed by atoms with van der Waals surface area (Å²) in [5.74, 6) is 2.93. The van der Waals surface area contributed by atoms with Crippen LogP contribution in [0.25, 0.3) is 28.3 Å². The van der Waals surface area contributed by atoms with E-state index in [9.17, 15) is 4.39 Å². The fourth-order valence-corrected chi connectivity index (χ4v) is 3.68. The molecule has 0 spiro atoms. The van der Waals surface area contributed by atoms with Crippen LogP contribution >= 0.6 is 0 Å². The van der Waals surface area contributed by atoms with Crippen LogP contribution in [0.5, 0.6) is 0 Å². The molecule has 6 nitrogen and oxygen atoms in total. The van der Waals surface area contributed by atoms with E-state index in [1.54, 1.807) is 18.3 Å². The van der Waals surface area contributed by atoms with Crippen molar-refractivity contribution in [2.75, 3.05) is 25.5 Å². The van der Waals surface area contributed by atoms with Crippen LogP contribution in [0.15, 0.2) is 54.9 Å². The fourth-order valence-electron chi connectivity index (χ4n) is 3.68. The van der Waals surface area contributed by atoms with Gasteiger partial charge in [-0.3, -0.25) is 9.30 Å². The third-order valence-corrected chi connectivity index (χ3v) is 5.30. The van der Waals surface area contributed by atoms with Crippen molar-refractivity contribution in [3.63, 3.8) is 0 Å². The van der Waals surface area contributed by atoms with Crippen molar-refractivity contribution in [1.82, 2.24) is 24.3 Å². The quantitative estimate of drug-likeness (QED) is 0.391. The maximum atomic E-state index is 13.6. The molecule has 174 valence electrons. The number of anilines is 1. The number of benzene rings is 1. The zero-order chi connectivity index (χ0) is 24.3. The Kier molecular flexibility index (Phi) is 6.62. The predicted octanol–water partition coefficient (Wildman–Crippen LogP) is 5.12. The van der Waals surface area contributed by atoms with Crippen LogP contribution in [0.3, 0.4) is 0 Å². The Morgan fingerprint density at radius 1 is 1.12 bits per heavy atom. The van der Waals surface area contributed by atoms with Gasteiger partial charge in [0.15, 0.2) is 0 Å². The lowest BCUT2D eigenvalue weighted by molar-refractivity contribution is 0.369. The summed E-state index contributed by atoms with van der Waals surface area (Å²) in [5, 5.41) is 3.32. The molecule has 34 heavy (non-hydrogen) atoms. The van der Waals surface area contributed by atoms with E-state index in [4.69, 9.17) is 16.4 Å². The minimum atomic E-state index is -0.288. The van der Waals surface area contributed by atoms with Crippen LogP contribution in [0.2, 0.25) is 0 Å². The number of hydrogen-bond acceptors (Lipinski definition) is 5. The van der Waals surface area contributed by atoms with Gasteiger partial charge in [-0.2, -0.15) is 0 Å².